The topological polar surface area (TPSA) is 44.5 Å². The molecular weight excluding hydrogens is 166 g/mol. The van der Waals surface area contributed by atoms with Crippen molar-refractivity contribution in [3.63, 3.8) is 0 Å². The molecule has 0 aliphatic rings. The molecule has 1 aromatic rings. The van der Waals surface area contributed by atoms with E-state index in [2.05, 4.69) is 0 Å². The molecule has 0 bridgehead atoms. The molecule has 1 aromatic carbocycles. The molecule has 0 unspecified atom stereocenters. The first-order valence-corrected chi connectivity index (χ1v) is 4.30. The Bertz CT molecular complexity index is 274. The van der Waals surface area contributed by atoms with E-state index in [1.165, 1.54) is 0 Å². The molecule has 0 spiro atoms. The van der Waals surface area contributed by atoms with Gasteiger partial charge in [0.15, 0.2) is 6.79 Å². The van der Waals surface area contributed by atoms with Crippen molar-refractivity contribution in [2.75, 3.05) is 19.1 Å². The molecule has 0 saturated heterocycles. The van der Waals surface area contributed by atoms with Crippen molar-refractivity contribution < 1.29 is 9.47 Å². The van der Waals surface area contributed by atoms with Gasteiger partial charge in [-0.05, 0) is 37.6 Å². The summed E-state index contributed by atoms with van der Waals surface area (Å²) in [7, 11) is 0. The van der Waals surface area contributed by atoms with Crippen LogP contribution >= 0.6 is 0 Å². The van der Waals surface area contributed by atoms with Gasteiger partial charge >= 0.3 is 0 Å². The lowest BCUT2D eigenvalue weighted by atomic mass is 10.2. The van der Waals surface area contributed by atoms with Crippen molar-refractivity contribution in [2.45, 2.75) is 13.8 Å². The van der Waals surface area contributed by atoms with Gasteiger partial charge in [-0.15, -0.1) is 0 Å². The van der Waals surface area contributed by atoms with Gasteiger partial charge in [0.05, 0.1) is 0 Å². The highest BCUT2D eigenvalue weighted by Gasteiger charge is 1.96. The van der Waals surface area contributed by atoms with Gasteiger partial charge in [0.1, 0.15) is 5.75 Å². The van der Waals surface area contributed by atoms with Crippen molar-refractivity contribution in [1.29, 1.82) is 0 Å². The molecule has 0 saturated carbocycles. The molecule has 0 radical (unpaired) electrons. The Morgan fingerprint density at radius 2 is 2.15 bits per heavy atom. The smallest absolute Gasteiger partial charge is 0.189 e. The zero-order valence-electron chi connectivity index (χ0n) is 8.04. The summed E-state index contributed by atoms with van der Waals surface area (Å²) < 4.78 is 10.4. The van der Waals surface area contributed by atoms with E-state index in [4.69, 9.17) is 15.2 Å². The molecule has 0 amide bonds. The normalized spacial score (nSPS) is 10.0. The lowest BCUT2D eigenvalue weighted by Gasteiger charge is -2.07. The van der Waals surface area contributed by atoms with Crippen molar-refractivity contribution >= 4 is 5.69 Å². The number of anilines is 1. The van der Waals surface area contributed by atoms with Crippen LogP contribution in [0, 0.1) is 6.92 Å². The van der Waals surface area contributed by atoms with Crippen LogP contribution < -0.4 is 10.5 Å². The minimum atomic E-state index is 0.292. The molecule has 13 heavy (non-hydrogen) atoms. The molecule has 0 aliphatic carbocycles. The largest absolute Gasteiger partial charge is 0.468 e. The Labute approximate surface area is 78.5 Å². The van der Waals surface area contributed by atoms with Crippen LogP contribution in [0.25, 0.3) is 0 Å². The summed E-state index contributed by atoms with van der Waals surface area (Å²) in [4.78, 5) is 0. The van der Waals surface area contributed by atoms with Gasteiger partial charge in [-0.3, -0.25) is 0 Å². The summed E-state index contributed by atoms with van der Waals surface area (Å²) in [6, 6.07) is 5.56. The first-order chi connectivity index (χ1) is 6.24. The Morgan fingerprint density at radius 3 is 2.77 bits per heavy atom. The SMILES string of the molecule is CCOCOc1ccc(N)c(C)c1. The molecule has 0 aliphatic heterocycles. The summed E-state index contributed by atoms with van der Waals surface area (Å²) in [5.74, 6) is 0.792. The molecule has 0 fully saturated rings. The van der Waals surface area contributed by atoms with Crippen LogP contribution in [0.1, 0.15) is 12.5 Å². The van der Waals surface area contributed by atoms with Crippen LogP contribution in [-0.4, -0.2) is 13.4 Å². The number of ether oxygens (including phenoxy) is 2. The molecule has 2 N–H and O–H groups in total. The van der Waals surface area contributed by atoms with E-state index in [1.54, 1.807) is 0 Å². The Balaban J connectivity index is 2.53. The third kappa shape index (κ3) is 2.95. The van der Waals surface area contributed by atoms with Crippen molar-refractivity contribution in [2.24, 2.45) is 0 Å². The number of nitrogen functional groups attached to an aromatic ring is 1. The minimum absolute atomic E-state index is 0.292. The van der Waals surface area contributed by atoms with Gasteiger partial charge in [0.2, 0.25) is 0 Å². The molecule has 0 aromatic heterocycles. The predicted molar refractivity (Wildman–Crippen MR) is 52.7 cm³/mol. The minimum Gasteiger partial charge on any atom is -0.468 e. The number of hydrogen-bond donors (Lipinski definition) is 1. The van der Waals surface area contributed by atoms with Gasteiger partial charge in [-0.25, -0.2) is 0 Å². The number of rotatable bonds is 4. The third-order valence-corrected chi connectivity index (χ3v) is 1.75. The molecule has 72 valence electrons. The lowest BCUT2D eigenvalue weighted by Crippen LogP contribution is -2.02. The zero-order chi connectivity index (χ0) is 9.68. The first kappa shape index (κ1) is 9.86. The number of hydrogen-bond acceptors (Lipinski definition) is 3. The highest BCUT2D eigenvalue weighted by Crippen LogP contribution is 2.18. The molecular formula is C10H15NO2. The van der Waals surface area contributed by atoms with E-state index in [0.717, 1.165) is 17.0 Å². The summed E-state index contributed by atoms with van der Waals surface area (Å²) in [6.07, 6.45) is 0. The molecule has 0 atom stereocenters. The van der Waals surface area contributed by atoms with Crippen LogP contribution in [0.3, 0.4) is 0 Å². The van der Waals surface area contributed by atoms with Crippen LogP contribution in [-0.2, 0) is 4.74 Å². The average Bonchev–Trinajstić information content (AvgIpc) is 2.12. The fraction of sp³-hybridized carbons (Fsp3) is 0.400. The summed E-state index contributed by atoms with van der Waals surface area (Å²) in [5, 5.41) is 0. The highest BCUT2D eigenvalue weighted by molar-refractivity contribution is 5.49. The van der Waals surface area contributed by atoms with E-state index >= 15 is 0 Å². The van der Waals surface area contributed by atoms with Crippen molar-refractivity contribution in [3.8, 4) is 5.75 Å². The summed E-state index contributed by atoms with van der Waals surface area (Å²) in [6.45, 7) is 4.83. The maximum atomic E-state index is 5.66. The fourth-order valence-corrected chi connectivity index (χ4v) is 0.931. The van der Waals surface area contributed by atoms with E-state index in [-0.39, 0.29) is 0 Å². The van der Waals surface area contributed by atoms with Crippen LogP contribution in [0.4, 0.5) is 5.69 Å². The fourth-order valence-electron chi connectivity index (χ4n) is 0.931. The number of aryl methyl sites for hydroxylation is 1. The summed E-state index contributed by atoms with van der Waals surface area (Å²) in [5.41, 5.74) is 7.46. The number of benzene rings is 1. The quantitative estimate of drug-likeness (QED) is 0.438. The molecule has 1 rings (SSSR count). The second-order valence-electron chi connectivity index (χ2n) is 2.77. The van der Waals surface area contributed by atoms with Crippen LogP contribution in [0.5, 0.6) is 5.75 Å². The monoisotopic (exact) mass is 181 g/mol. The van der Waals surface area contributed by atoms with Gasteiger partial charge in [0, 0.05) is 12.3 Å². The second kappa shape index (κ2) is 4.72. The number of nitrogens with two attached hydrogens (primary N) is 1. The van der Waals surface area contributed by atoms with E-state index < -0.39 is 0 Å². The Hall–Kier alpha value is -1.22. The Morgan fingerprint density at radius 1 is 1.38 bits per heavy atom. The zero-order valence-corrected chi connectivity index (χ0v) is 8.04. The predicted octanol–water partition coefficient (Wildman–Crippen LogP) is 1.95. The third-order valence-electron chi connectivity index (χ3n) is 1.75. The maximum Gasteiger partial charge on any atom is 0.189 e. The molecule has 0 heterocycles. The highest BCUT2D eigenvalue weighted by atomic mass is 16.7. The standard InChI is InChI=1S/C10H15NO2/c1-3-12-7-13-9-4-5-10(11)8(2)6-9/h4-6H,3,7,11H2,1-2H3. The summed E-state index contributed by atoms with van der Waals surface area (Å²) >= 11 is 0. The first-order valence-electron chi connectivity index (χ1n) is 4.30. The van der Waals surface area contributed by atoms with Gasteiger partial charge in [-0.1, -0.05) is 0 Å². The van der Waals surface area contributed by atoms with Gasteiger partial charge in [-0.2, -0.15) is 0 Å². The maximum absolute atomic E-state index is 5.66. The van der Waals surface area contributed by atoms with Gasteiger partial charge < -0.3 is 15.2 Å². The van der Waals surface area contributed by atoms with E-state index in [1.807, 2.05) is 32.0 Å². The van der Waals surface area contributed by atoms with Gasteiger partial charge in [0.25, 0.3) is 0 Å². The second-order valence-corrected chi connectivity index (χ2v) is 2.77. The lowest BCUT2D eigenvalue weighted by molar-refractivity contribution is 0.0224. The van der Waals surface area contributed by atoms with E-state index in [9.17, 15) is 0 Å². The van der Waals surface area contributed by atoms with E-state index in [0.29, 0.717) is 13.4 Å². The van der Waals surface area contributed by atoms with Crippen LogP contribution in [0.15, 0.2) is 18.2 Å². The van der Waals surface area contributed by atoms with Crippen LogP contribution in [0.2, 0.25) is 0 Å². The van der Waals surface area contributed by atoms with Crippen molar-refractivity contribution in [1.82, 2.24) is 0 Å². The Kier molecular flexibility index (Phi) is 3.58. The average molecular weight is 181 g/mol. The molecule has 3 heteroatoms. The van der Waals surface area contributed by atoms with Crippen molar-refractivity contribution in [3.05, 3.63) is 23.8 Å². The molecule has 3 nitrogen and oxygen atoms in total.